The van der Waals surface area contributed by atoms with Crippen LogP contribution >= 0.6 is 0 Å². The van der Waals surface area contributed by atoms with Gasteiger partial charge >= 0.3 is 0 Å². The number of benzene rings is 2. The number of pyridine rings is 1. The minimum Gasteiger partial charge on any atom is -0.497 e. The third kappa shape index (κ3) is 3.36. The molecule has 28 heavy (non-hydrogen) atoms. The van der Waals surface area contributed by atoms with E-state index in [4.69, 9.17) is 9.47 Å². The third-order valence-corrected chi connectivity index (χ3v) is 4.79. The topological polar surface area (TPSA) is 63.7 Å². The van der Waals surface area contributed by atoms with Gasteiger partial charge in [-0.15, -0.1) is 0 Å². The summed E-state index contributed by atoms with van der Waals surface area (Å²) in [5.41, 5.74) is 3.22. The molecule has 6 nitrogen and oxygen atoms in total. The second kappa shape index (κ2) is 7.60. The fourth-order valence-corrected chi connectivity index (χ4v) is 3.34. The van der Waals surface area contributed by atoms with Crippen LogP contribution in [0, 0.1) is 0 Å². The first kappa shape index (κ1) is 17.9. The molecule has 1 aliphatic rings. The zero-order valence-corrected chi connectivity index (χ0v) is 15.8. The van der Waals surface area contributed by atoms with Crippen LogP contribution in [0.4, 0.5) is 5.69 Å². The lowest BCUT2D eigenvalue weighted by molar-refractivity contribution is 0.0728. The summed E-state index contributed by atoms with van der Waals surface area (Å²) in [7, 11) is 3.26. The third-order valence-electron chi connectivity index (χ3n) is 4.79. The Kier molecular flexibility index (Phi) is 4.85. The van der Waals surface area contributed by atoms with Gasteiger partial charge in [0.15, 0.2) is 0 Å². The standard InChI is InChI=1S/C22H21N3O3/c1-27-17-10-8-15(9-11-17)14-25-21(20-19(22(25)26)7-4-12-23-20)24-16-5-3-6-18(13-16)28-2/h3-13,21,24H,14H2,1-2H3. The van der Waals surface area contributed by atoms with Gasteiger partial charge in [0.25, 0.3) is 5.91 Å². The van der Waals surface area contributed by atoms with Gasteiger partial charge in [-0.3, -0.25) is 9.78 Å². The van der Waals surface area contributed by atoms with Crippen LogP contribution in [0.25, 0.3) is 0 Å². The lowest BCUT2D eigenvalue weighted by Crippen LogP contribution is -2.32. The largest absolute Gasteiger partial charge is 0.497 e. The van der Waals surface area contributed by atoms with Crippen molar-refractivity contribution in [1.29, 1.82) is 0 Å². The Hall–Kier alpha value is -3.54. The number of rotatable bonds is 6. The van der Waals surface area contributed by atoms with Crippen LogP contribution in [0.5, 0.6) is 11.5 Å². The van der Waals surface area contributed by atoms with Crippen LogP contribution in [-0.4, -0.2) is 30.0 Å². The molecule has 142 valence electrons. The number of nitrogens with one attached hydrogen (secondary N) is 1. The highest BCUT2D eigenvalue weighted by Crippen LogP contribution is 2.34. The quantitative estimate of drug-likeness (QED) is 0.709. The van der Waals surface area contributed by atoms with Crippen molar-refractivity contribution in [3.8, 4) is 11.5 Å². The summed E-state index contributed by atoms with van der Waals surface area (Å²) in [5, 5.41) is 3.43. The molecule has 1 aromatic heterocycles. The van der Waals surface area contributed by atoms with E-state index in [0.717, 1.165) is 28.4 Å². The summed E-state index contributed by atoms with van der Waals surface area (Å²) in [5.74, 6) is 1.49. The van der Waals surface area contributed by atoms with Gasteiger partial charge in [-0.2, -0.15) is 0 Å². The van der Waals surface area contributed by atoms with Crippen molar-refractivity contribution >= 4 is 11.6 Å². The SMILES string of the molecule is COc1ccc(CN2C(=O)c3cccnc3C2Nc2cccc(OC)c2)cc1. The molecule has 0 bridgehead atoms. The highest BCUT2D eigenvalue weighted by atomic mass is 16.5. The molecule has 0 radical (unpaired) electrons. The van der Waals surface area contributed by atoms with Crippen molar-refractivity contribution in [3.05, 3.63) is 83.7 Å². The molecule has 2 aromatic carbocycles. The van der Waals surface area contributed by atoms with Crippen molar-refractivity contribution in [1.82, 2.24) is 9.88 Å². The second-order valence-electron chi connectivity index (χ2n) is 6.50. The minimum absolute atomic E-state index is 0.0423. The Bertz CT molecular complexity index is 988. The Morgan fingerprint density at radius 2 is 1.79 bits per heavy atom. The number of hydrogen-bond donors (Lipinski definition) is 1. The predicted octanol–water partition coefficient (Wildman–Crippen LogP) is 3.87. The number of carbonyl (C=O) groups excluding carboxylic acids is 1. The van der Waals surface area contributed by atoms with Crippen molar-refractivity contribution in [2.45, 2.75) is 12.7 Å². The number of hydrogen-bond acceptors (Lipinski definition) is 5. The maximum absolute atomic E-state index is 13.0. The number of anilines is 1. The fraction of sp³-hybridized carbons (Fsp3) is 0.182. The lowest BCUT2D eigenvalue weighted by atomic mass is 10.2. The number of fused-ring (bicyclic) bond motifs is 1. The molecule has 1 atom stereocenters. The van der Waals surface area contributed by atoms with E-state index in [1.165, 1.54) is 0 Å². The molecule has 0 fully saturated rings. The number of ether oxygens (including phenoxy) is 2. The molecular formula is C22H21N3O3. The highest BCUT2D eigenvalue weighted by molar-refractivity contribution is 5.98. The first-order chi connectivity index (χ1) is 13.7. The van der Waals surface area contributed by atoms with Crippen molar-refractivity contribution in [2.24, 2.45) is 0 Å². The van der Waals surface area contributed by atoms with E-state index in [9.17, 15) is 4.79 Å². The van der Waals surface area contributed by atoms with Gasteiger partial charge in [-0.05, 0) is 42.0 Å². The monoisotopic (exact) mass is 375 g/mol. The van der Waals surface area contributed by atoms with E-state index in [2.05, 4.69) is 10.3 Å². The predicted molar refractivity (Wildman–Crippen MR) is 106 cm³/mol. The minimum atomic E-state index is -0.363. The number of carbonyl (C=O) groups is 1. The van der Waals surface area contributed by atoms with E-state index in [-0.39, 0.29) is 12.1 Å². The van der Waals surface area contributed by atoms with E-state index >= 15 is 0 Å². The van der Waals surface area contributed by atoms with Gasteiger partial charge in [0.2, 0.25) is 0 Å². The van der Waals surface area contributed by atoms with Crippen LogP contribution in [0.3, 0.4) is 0 Å². The number of amides is 1. The Morgan fingerprint density at radius 1 is 1.00 bits per heavy atom. The average Bonchev–Trinajstić information content (AvgIpc) is 3.00. The molecule has 1 aliphatic heterocycles. The Labute approximate surface area is 163 Å². The van der Waals surface area contributed by atoms with Crippen LogP contribution in [0.15, 0.2) is 66.9 Å². The van der Waals surface area contributed by atoms with Crippen LogP contribution < -0.4 is 14.8 Å². The van der Waals surface area contributed by atoms with Gasteiger partial charge in [0.1, 0.15) is 17.7 Å². The van der Waals surface area contributed by atoms with Crippen LogP contribution in [0.2, 0.25) is 0 Å². The van der Waals surface area contributed by atoms with E-state index in [0.29, 0.717) is 12.1 Å². The summed E-state index contributed by atoms with van der Waals surface area (Å²) in [6, 6.07) is 19.0. The maximum atomic E-state index is 13.0. The summed E-state index contributed by atoms with van der Waals surface area (Å²) >= 11 is 0. The molecule has 1 unspecified atom stereocenters. The van der Waals surface area contributed by atoms with Gasteiger partial charge in [-0.1, -0.05) is 18.2 Å². The molecular weight excluding hydrogens is 354 g/mol. The molecule has 1 N–H and O–H groups in total. The summed E-state index contributed by atoms with van der Waals surface area (Å²) in [6.07, 6.45) is 1.35. The molecule has 0 saturated carbocycles. The molecule has 0 spiro atoms. The van der Waals surface area contributed by atoms with E-state index in [1.807, 2.05) is 54.6 Å². The van der Waals surface area contributed by atoms with Crippen molar-refractivity contribution in [2.75, 3.05) is 19.5 Å². The first-order valence-corrected chi connectivity index (χ1v) is 8.99. The molecule has 0 saturated heterocycles. The van der Waals surface area contributed by atoms with Crippen molar-refractivity contribution in [3.63, 3.8) is 0 Å². The zero-order chi connectivity index (χ0) is 19.5. The van der Waals surface area contributed by atoms with Gasteiger partial charge in [0.05, 0.1) is 25.5 Å². The Morgan fingerprint density at radius 3 is 2.54 bits per heavy atom. The smallest absolute Gasteiger partial charge is 0.258 e. The molecule has 4 rings (SSSR count). The summed E-state index contributed by atoms with van der Waals surface area (Å²) < 4.78 is 10.5. The fourth-order valence-electron chi connectivity index (χ4n) is 3.34. The molecule has 1 amide bonds. The van der Waals surface area contributed by atoms with Gasteiger partial charge in [-0.25, -0.2) is 0 Å². The second-order valence-corrected chi connectivity index (χ2v) is 6.50. The number of aromatic nitrogens is 1. The van der Waals surface area contributed by atoms with E-state index in [1.54, 1.807) is 31.4 Å². The summed E-state index contributed by atoms with van der Waals surface area (Å²) in [6.45, 7) is 0.459. The molecule has 3 aromatic rings. The number of methoxy groups -OCH3 is 2. The zero-order valence-electron chi connectivity index (χ0n) is 15.8. The highest BCUT2D eigenvalue weighted by Gasteiger charge is 2.37. The lowest BCUT2D eigenvalue weighted by Gasteiger charge is -2.26. The first-order valence-electron chi connectivity index (χ1n) is 8.99. The van der Waals surface area contributed by atoms with E-state index < -0.39 is 0 Å². The number of nitrogens with zero attached hydrogens (tertiary/aromatic N) is 2. The van der Waals surface area contributed by atoms with Gasteiger partial charge < -0.3 is 19.7 Å². The van der Waals surface area contributed by atoms with Crippen LogP contribution in [-0.2, 0) is 6.54 Å². The molecule has 0 aliphatic carbocycles. The normalized spacial score (nSPS) is 15.3. The summed E-state index contributed by atoms with van der Waals surface area (Å²) in [4.78, 5) is 19.3. The Balaban J connectivity index is 1.65. The average molecular weight is 375 g/mol. The maximum Gasteiger partial charge on any atom is 0.258 e. The van der Waals surface area contributed by atoms with Crippen LogP contribution in [0.1, 0.15) is 27.8 Å². The van der Waals surface area contributed by atoms with Gasteiger partial charge in [0, 0.05) is 24.5 Å². The van der Waals surface area contributed by atoms with Crippen molar-refractivity contribution < 1.29 is 14.3 Å². The molecule has 6 heteroatoms. The molecule has 2 heterocycles.